The van der Waals surface area contributed by atoms with Gasteiger partial charge >= 0.3 is 0 Å². The van der Waals surface area contributed by atoms with Crippen LogP contribution in [0.1, 0.15) is 93.1 Å². The SMILES string of the molecule is CC1(C)c2ccccc2C2(c3ccccc31)c1cc(N(c3ccccc3)c3cccc4oc5ccccc5c34)sc1C1(c3ccccc3C(C)(C)c3ccccc31)c1cc(N(c3ccccc3)c3cccc4oc5ccccc5c34)sc12. The lowest BCUT2D eigenvalue weighted by molar-refractivity contribution is 0.522. The van der Waals surface area contributed by atoms with Crippen molar-refractivity contribution in [3.05, 3.63) is 320 Å². The van der Waals surface area contributed by atoms with Gasteiger partial charge in [-0.2, -0.15) is 0 Å². The van der Waals surface area contributed by atoms with E-state index in [9.17, 15) is 0 Å². The predicted molar refractivity (Wildman–Crippen MR) is 341 cm³/mol. The number of benzene rings is 10. The second-order valence-corrected chi connectivity index (χ2v) is 25.5. The molecule has 392 valence electrons. The van der Waals surface area contributed by atoms with Gasteiger partial charge in [0.15, 0.2) is 0 Å². The summed E-state index contributed by atoms with van der Waals surface area (Å²) < 4.78 is 13.4. The molecule has 0 amide bonds. The van der Waals surface area contributed by atoms with Gasteiger partial charge in [0.25, 0.3) is 0 Å². The molecule has 82 heavy (non-hydrogen) atoms. The summed E-state index contributed by atoms with van der Waals surface area (Å²) in [6, 6.07) is 94.9. The molecule has 0 radical (unpaired) electrons. The largest absolute Gasteiger partial charge is 0.456 e. The molecule has 0 atom stereocenters. The number of nitrogens with zero attached hydrogens (tertiary/aromatic N) is 2. The van der Waals surface area contributed by atoms with E-state index in [1.807, 2.05) is 22.7 Å². The van der Waals surface area contributed by atoms with E-state index >= 15 is 0 Å². The van der Waals surface area contributed by atoms with Crippen molar-refractivity contribution in [1.29, 1.82) is 0 Å². The Bertz CT molecular complexity index is 4460. The van der Waals surface area contributed by atoms with Crippen LogP contribution in [0.15, 0.2) is 264 Å². The molecule has 2 spiro atoms. The molecule has 0 saturated carbocycles. The smallest absolute Gasteiger partial charge is 0.137 e. The molecule has 0 N–H and O–H groups in total. The van der Waals surface area contributed by atoms with E-state index < -0.39 is 10.8 Å². The summed E-state index contributed by atoms with van der Waals surface area (Å²) in [4.78, 5) is 7.68. The number of thiophene rings is 2. The highest BCUT2D eigenvalue weighted by Gasteiger charge is 2.62. The molecule has 17 rings (SSSR count). The van der Waals surface area contributed by atoms with Gasteiger partial charge < -0.3 is 18.6 Å². The fraction of sp³-hybridized carbons (Fsp3) is 0.105. The summed E-state index contributed by atoms with van der Waals surface area (Å²) in [5, 5.41) is 6.63. The molecule has 4 nitrogen and oxygen atoms in total. The van der Waals surface area contributed by atoms with Crippen LogP contribution in [0.3, 0.4) is 0 Å². The molecule has 6 heteroatoms. The van der Waals surface area contributed by atoms with E-state index in [4.69, 9.17) is 8.83 Å². The van der Waals surface area contributed by atoms with Crippen LogP contribution in [0, 0.1) is 0 Å². The van der Waals surface area contributed by atoms with Crippen molar-refractivity contribution in [2.45, 2.75) is 49.4 Å². The van der Waals surface area contributed by atoms with Crippen LogP contribution >= 0.6 is 22.7 Å². The van der Waals surface area contributed by atoms with Crippen molar-refractivity contribution < 1.29 is 8.83 Å². The molecule has 0 fully saturated rings. The highest BCUT2D eigenvalue weighted by atomic mass is 32.1. The number of para-hydroxylation sites is 4. The number of hydrogen-bond acceptors (Lipinski definition) is 6. The topological polar surface area (TPSA) is 32.8 Å². The van der Waals surface area contributed by atoms with E-state index in [1.54, 1.807) is 0 Å². The van der Waals surface area contributed by atoms with E-state index in [0.29, 0.717) is 0 Å². The Morgan fingerprint density at radius 1 is 0.293 bits per heavy atom. The number of rotatable bonds is 6. The fourth-order valence-electron chi connectivity index (χ4n) is 15.2. The third-order valence-corrected chi connectivity index (χ3v) is 21.1. The van der Waals surface area contributed by atoms with Crippen LogP contribution in [0.2, 0.25) is 0 Å². The minimum Gasteiger partial charge on any atom is -0.456 e. The average Bonchev–Trinajstić information content (AvgIpc) is 1.28. The third kappa shape index (κ3) is 6.15. The van der Waals surface area contributed by atoms with E-state index in [0.717, 1.165) is 76.6 Å². The molecule has 0 saturated heterocycles. The van der Waals surface area contributed by atoms with E-state index in [2.05, 4.69) is 292 Å². The number of furan rings is 2. The molecule has 3 aliphatic rings. The Kier molecular flexibility index (Phi) is 9.96. The highest BCUT2D eigenvalue weighted by molar-refractivity contribution is 7.18. The second kappa shape index (κ2) is 17.2. The van der Waals surface area contributed by atoms with Crippen molar-refractivity contribution in [3.8, 4) is 0 Å². The normalized spacial score (nSPS) is 15.5. The number of anilines is 6. The molecule has 3 aliphatic carbocycles. The minimum absolute atomic E-state index is 0.316. The summed E-state index contributed by atoms with van der Waals surface area (Å²) in [6.45, 7) is 9.72. The summed E-state index contributed by atoms with van der Waals surface area (Å²) in [7, 11) is 0. The van der Waals surface area contributed by atoms with Crippen molar-refractivity contribution in [2.75, 3.05) is 9.80 Å². The maximum absolute atomic E-state index is 6.71. The Morgan fingerprint density at radius 2 is 0.598 bits per heavy atom. The lowest BCUT2D eigenvalue weighted by atomic mass is 9.48. The lowest BCUT2D eigenvalue weighted by Gasteiger charge is -2.55. The first-order valence-electron chi connectivity index (χ1n) is 28.4. The first kappa shape index (κ1) is 47.6. The molecular formula is C76H54N2O2S2. The molecule has 4 aromatic heterocycles. The molecule has 14 aromatic rings. The summed E-state index contributed by atoms with van der Waals surface area (Å²) in [5.74, 6) is 0. The number of hydrogen-bond donors (Lipinski definition) is 0. The monoisotopic (exact) mass is 1090 g/mol. The summed E-state index contributed by atoms with van der Waals surface area (Å²) in [6.07, 6.45) is 0. The predicted octanol–water partition coefficient (Wildman–Crippen LogP) is 20.9. The van der Waals surface area contributed by atoms with Crippen LogP contribution in [0.25, 0.3) is 43.9 Å². The quantitative estimate of drug-likeness (QED) is 0.166. The van der Waals surface area contributed by atoms with Crippen LogP contribution in [-0.2, 0) is 21.7 Å². The van der Waals surface area contributed by atoms with E-state index in [1.165, 1.54) is 65.4 Å². The lowest BCUT2D eigenvalue weighted by Crippen LogP contribution is -2.50. The van der Waals surface area contributed by atoms with Gasteiger partial charge in [-0.3, -0.25) is 0 Å². The first-order valence-corrected chi connectivity index (χ1v) is 30.0. The maximum atomic E-state index is 6.71. The Balaban J connectivity index is 1.07. The summed E-state index contributed by atoms with van der Waals surface area (Å²) >= 11 is 3.90. The van der Waals surface area contributed by atoms with Gasteiger partial charge in [0, 0.05) is 42.7 Å². The van der Waals surface area contributed by atoms with Gasteiger partial charge in [0.05, 0.1) is 33.0 Å². The molecule has 0 aliphatic heterocycles. The molecule has 0 unspecified atom stereocenters. The Morgan fingerprint density at radius 3 is 0.963 bits per heavy atom. The van der Waals surface area contributed by atoms with Crippen molar-refractivity contribution in [1.82, 2.24) is 0 Å². The first-order chi connectivity index (χ1) is 40.2. The van der Waals surface area contributed by atoms with Gasteiger partial charge in [-0.15, -0.1) is 22.7 Å². The summed E-state index contributed by atoms with van der Waals surface area (Å²) in [5.41, 5.74) is 18.7. The van der Waals surface area contributed by atoms with Crippen molar-refractivity contribution >= 4 is 99.3 Å². The zero-order valence-electron chi connectivity index (χ0n) is 45.8. The zero-order valence-corrected chi connectivity index (χ0v) is 47.4. The Labute approximate surface area is 484 Å². The second-order valence-electron chi connectivity index (χ2n) is 23.4. The molecule has 0 bridgehead atoms. The van der Waals surface area contributed by atoms with Crippen molar-refractivity contribution in [2.24, 2.45) is 0 Å². The zero-order chi connectivity index (χ0) is 54.7. The van der Waals surface area contributed by atoms with Gasteiger partial charge in [-0.25, -0.2) is 0 Å². The van der Waals surface area contributed by atoms with E-state index in [-0.39, 0.29) is 10.8 Å². The van der Waals surface area contributed by atoms with Gasteiger partial charge in [-0.05, 0) is 128 Å². The fourth-order valence-corrected chi connectivity index (χ4v) is 18.2. The van der Waals surface area contributed by atoms with Gasteiger partial charge in [-0.1, -0.05) is 210 Å². The molecule has 10 aromatic carbocycles. The number of fused-ring (bicyclic) bond motifs is 20. The van der Waals surface area contributed by atoms with Crippen molar-refractivity contribution in [3.63, 3.8) is 0 Å². The van der Waals surface area contributed by atoms with Crippen LogP contribution in [0.4, 0.5) is 32.8 Å². The molecular weight excluding hydrogens is 1040 g/mol. The maximum Gasteiger partial charge on any atom is 0.137 e. The van der Waals surface area contributed by atoms with Gasteiger partial charge in [0.1, 0.15) is 32.3 Å². The average molecular weight is 1090 g/mol. The minimum atomic E-state index is -0.791. The van der Waals surface area contributed by atoms with Crippen LogP contribution in [-0.4, -0.2) is 0 Å². The highest BCUT2D eigenvalue weighted by Crippen LogP contribution is 2.71. The van der Waals surface area contributed by atoms with Gasteiger partial charge in [0.2, 0.25) is 0 Å². The third-order valence-electron chi connectivity index (χ3n) is 18.7. The standard InChI is InChI=1S/C76H54N2O2S2/c1-73(2)51-31-13-17-35-55(51)75(56-36-18-14-32-52(56)73)59-45-67(77(47-25-7-5-8-26-47)61-39-23-43-65-69(61)49-29-11-21-41-63(49)79-65)82-72(59)76(57-37-19-15-33-53(57)74(3,4)54-34-16-20-38-58(54)76)60-46-68(81-71(60)75)78(48-27-9-6-10-28-48)62-40-24-44-66-70(62)50-30-12-22-42-64(50)80-66/h5-46H,1-4H3. The van der Waals surface area contributed by atoms with Crippen LogP contribution in [0.5, 0.6) is 0 Å². The van der Waals surface area contributed by atoms with Crippen LogP contribution < -0.4 is 9.80 Å². The molecule has 4 heterocycles. The Hall–Kier alpha value is -9.20.